The minimum atomic E-state index is -0.694. The van der Waals surface area contributed by atoms with Crippen molar-refractivity contribution in [2.75, 3.05) is 46.3 Å². The molecule has 1 aliphatic carbocycles. The summed E-state index contributed by atoms with van der Waals surface area (Å²) in [6.07, 6.45) is 5.17. The molecule has 2 aromatic heterocycles. The molecule has 224 valence electrons. The average Bonchev–Trinajstić information content (AvgIpc) is 3.42. The molecule has 11 nitrogen and oxygen atoms in total. The molecule has 1 saturated carbocycles. The Kier molecular flexibility index (Phi) is 8.33. The van der Waals surface area contributed by atoms with Gasteiger partial charge in [-0.3, -0.25) is 24.1 Å². The molecule has 3 heterocycles. The lowest BCUT2D eigenvalue weighted by Gasteiger charge is -2.55. The van der Waals surface area contributed by atoms with Gasteiger partial charge in [0.1, 0.15) is 16.5 Å². The van der Waals surface area contributed by atoms with Gasteiger partial charge in [-0.1, -0.05) is 23.5 Å². The third-order valence-corrected chi connectivity index (χ3v) is 9.41. The summed E-state index contributed by atoms with van der Waals surface area (Å²) in [5, 5.41) is 25.2. The van der Waals surface area contributed by atoms with Crippen LogP contribution in [0.3, 0.4) is 0 Å². The van der Waals surface area contributed by atoms with Gasteiger partial charge in [-0.25, -0.2) is 4.39 Å². The number of aromatic nitrogens is 3. The van der Waals surface area contributed by atoms with Crippen LogP contribution in [0.15, 0.2) is 35.3 Å². The van der Waals surface area contributed by atoms with E-state index in [4.69, 9.17) is 0 Å². The van der Waals surface area contributed by atoms with Gasteiger partial charge in [-0.15, -0.1) is 10.2 Å². The maximum absolute atomic E-state index is 13.6. The molecule has 0 saturated heterocycles. The van der Waals surface area contributed by atoms with Crippen LogP contribution in [0.2, 0.25) is 0 Å². The largest absolute Gasteiger partial charge is 0.502 e. The number of aromatic hydroxyl groups is 1. The van der Waals surface area contributed by atoms with Gasteiger partial charge in [0.2, 0.25) is 11.3 Å². The summed E-state index contributed by atoms with van der Waals surface area (Å²) < 4.78 is 14.8. The summed E-state index contributed by atoms with van der Waals surface area (Å²) >= 11 is 1.21. The Bertz CT molecular complexity index is 1530. The first-order valence-electron chi connectivity index (χ1n) is 14.0. The van der Waals surface area contributed by atoms with Gasteiger partial charge in [0.25, 0.3) is 5.91 Å². The quantitative estimate of drug-likeness (QED) is 0.406. The molecular formula is C29H36FN7O4S. The lowest BCUT2D eigenvalue weighted by atomic mass is 9.78. The molecule has 1 aliphatic heterocycles. The first-order valence-corrected chi connectivity index (χ1v) is 14.8. The van der Waals surface area contributed by atoms with E-state index in [9.17, 15) is 23.9 Å². The van der Waals surface area contributed by atoms with E-state index >= 15 is 0 Å². The highest BCUT2D eigenvalue weighted by atomic mass is 32.1. The van der Waals surface area contributed by atoms with Crippen LogP contribution in [0.25, 0.3) is 10.6 Å². The highest BCUT2D eigenvalue weighted by Gasteiger charge is 2.50. The monoisotopic (exact) mass is 597 g/mol. The number of nitrogens with zero attached hydrogens (tertiary/aromatic N) is 6. The Labute approximate surface area is 247 Å². The number of carbonyl (C=O) groups is 2. The molecule has 1 spiro atoms. The first kappa shape index (κ1) is 29.6. The normalized spacial score (nSPS) is 20.3. The number of likely N-dealkylation sites (N-methyl/N-ethyl adjacent to an activating group) is 1. The third kappa shape index (κ3) is 5.62. The van der Waals surface area contributed by atoms with E-state index in [-0.39, 0.29) is 28.9 Å². The molecule has 0 atom stereocenters. The number of hydrogen-bond donors (Lipinski definition) is 2. The van der Waals surface area contributed by atoms with Crippen molar-refractivity contribution in [1.82, 2.24) is 30.0 Å². The Balaban J connectivity index is 1.37. The molecule has 2 N–H and O–H groups in total. The van der Waals surface area contributed by atoms with E-state index in [0.717, 1.165) is 24.9 Å². The number of carbonyl (C=O) groups excluding carboxylic acids is 2. The lowest BCUT2D eigenvalue weighted by molar-refractivity contribution is -0.122. The van der Waals surface area contributed by atoms with Crippen LogP contribution in [-0.4, -0.2) is 88.5 Å². The Morgan fingerprint density at radius 3 is 2.52 bits per heavy atom. The van der Waals surface area contributed by atoms with Crippen LogP contribution in [0.5, 0.6) is 5.75 Å². The zero-order valence-corrected chi connectivity index (χ0v) is 25.1. The van der Waals surface area contributed by atoms with E-state index in [2.05, 4.69) is 15.5 Å². The molecule has 0 bridgehead atoms. The number of pyridine rings is 1. The summed E-state index contributed by atoms with van der Waals surface area (Å²) in [5.74, 6) is -1.17. The molecular weight excluding hydrogens is 561 g/mol. The van der Waals surface area contributed by atoms with Crippen molar-refractivity contribution >= 4 is 23.2 Å². The van der Waals surface area contributed by atoms with Crippen molar-refractivity contribution < 1.29 is 19.1 Å². The molecule has 0 unspecified atom stereocenters. The molecule has 42 heavy (non-hydrogen) atoms. The van der Waals surface area contributed by atoms with Crippen molar-refractivity contribution in [3.8, 4) is 16.3 Å². The molecule has 5 rings (SSSR count). The molecule has 13 heteroatoms. The number of hydrogen-bond acceptors (Lipinski definition) is 9. The highest BCUT2D eigenvalue weighted by molar-refractivity contribution is 7.14. The van der Waals surface area contributed by atoms with E-state index in [1.807, 2.05) is 31.1 Å². The highest BCUT2D eigenvalue weighted by Crippen LogP contribution is 2.42. The van der Waals surface area contributed by atoms with E-state index in [1.165, 1.54) is 23.5 Å². The van der Waals surface area contributed by atoms with Crippen molar-refractivity contribution in [3.63, 3.8) is 0 Å². The second kappa shape index (κ2) is 11.8. The summed E-state index contributed by atoms with van der Waals surface area (Å²) in [7, 11) is 7.46. The molecule has 2 amide bonds. The van der Waals surface area contributed by atoms with Crippen LogP contribution < -0.4 is 15.8 Å². The zero-order valence-electron chi connectivity index (χ0n) is 24.3. The summed E-state index contributed by atoms with van der Waals surface area (Å²) in [6.45, 7) is 1.38. The molecule has 3 aromatic rings. The van der Waals surface area contributed by atoms with E-state index in [0.29, 0.717) is 42.2 Å². The third-order valence-electron chi connectivity index (χ3n) is 8.45. The topological polar surface area (TPSA) is 124 Å². The van der Waals surface area contributed by atoms with E-state index < -0.39 is 22.7 Å². The molecule has 1 fully saturated rings. The van der Waals surface area contributed by atoms with Crippen molar-refractivity contribution in [2.24, 2.45) is 5.92 Å². The van der Waals surface area contributed by atoms with E-state index in [1.54, 1.807) is 35.0 Å². The Hall–Kier alpha value is -3.84. The summed E-state index contributed by atoms with van der Waals surface area (Å²) in [6, 6.07) is 6.08. The maximum Gasteiger partial charge on any atom is 0.278 e. The molecule has 2 aliphatic rings. The average molecular weight is 598 g/mol. The van der Waals surface area contributed by atoms with Gasteiger partial charge in [0, 0.05) is 46.2 Å². The molecule has 0 radical (unpaired) electrons. The van der Waals surface area contributed by atoms with Crippen molar-refractivity contribution in [3.05, 3.63) is 62.8 Å². The van der Waals surface area contributed by atoms with Crippen molar-refractivity contribution in [2.45, 2.75) is 44.2 Å². The number of halogens is 1. The van der Waals surface area contributed by atoms with Gasteiger partial charge in [-0.05, 0) is 63.4 Å². The number of amides is 2. The summed E-state index contributed by atoms with van der Waals surface area (Å²) in [4.78, 5) is 42.9. The predicted molar refractivity (Wildman–Crippen MR) is 158 cm³/mol. The SMILES string of the molecule is CN(C)CCNC(=O)CC1CCC2(CC1)N(C)C(=O)c1c(O)c(=O)c(-c3nnc(Cc4ccc(F)cc4)s3)cn1N2C. The van der Waals surface area contributed by atoms with Gasteiger partial charge in [0.15, 0.2) is 16.5 Å². The fraction of sp³-hybridized carbons (Fsp3) is 0.483. The second-order valence-electron chi connectivity index (χ2n) is 11.4. The minimum Gasteiger partial charge on any atom is -0.502 e. The first-order chi connectivity index (χ1) is 20.0. The maximum atomic E-state index is 13.6. The number of benzene rings is 1. The van der Waals surface area contributed by atoms with Gasteiger partial charge < -0.3 is 20.2 Å². The fourth-order valence-corrected chi connectivity index (χ4v) is 6.79. The smallest absolute Gasteiger partial charge is 0.278 e. The number of fused-ring (bicyclic) bond motifs is 1. The van der Waals surface area contributed by atoms with Gasteiger partial charge >= 0.3 is 0 Å². The van der Waals surface area contributed by atoms with Crippen LogP contribution in [0.4, 0.5) is 4.39 Å². The lowest BCUT2D eigenvalue weighted by Crippen LogP contribution is -2.69. The van der Waals surface area contributed by atoms with Crippen LogP contribution >= 0.6 is 11.3 Å². The zero-order chi connectivity index (χ0) is 30.2. The Morgan fingerprint density at radius 1 is 1.17 bits per heavy atom. The van der Waals surface area contributed by atoms with Crippen LogP contribution in [0, 0.1) is 11.7 Å². The van der Waals surface area contributed by atoms with Gasteiger partial charge in [-0.2, -0.15) is 0 Å². The molecule has 1 aromatic carbocycles. The number of rotatable bonds is 8. The second-order valence-corrected chi connectivity index (χ2v) is 12.5. The van der Waals surface area contributed by atoms with Gasteiger partial charge in [0.05, 0.1) is 5.56 Å². The predicted octanol–water partition coefficient (Wildman–Crippen LogP) is 2.41. The Morgan fingerprint density at radius 2 is 1.86 bits per heavy atom. The minimum absolute atomic E-state index is 0.0346. The standard InChI is InChI=1S/C29H36FN7O4S/c1-34(2)14-13-31-22(38)15-19-9-11-29(12-10-19)35(3)28(41)24-26(40)25(39)21(17-37(24)36(29)4)27-33-32-23(42-27)16-18-5-7-20(30)8-6-18/h5-8,17,19,40H,9-16H2,1-4H3,(H,31,38). The number of nitrogens with one attached hydrogen (secondary N) is 1. The van der Waals surface area contributed by atoms with Crippen molar-refractivity contribution in [1.29, 1.82) is 0 Å². The van der Waals surface area contributed by atoms with Crippen LogP contribution in [-0.2, 0) is 11.2 Å². The summed E-state index contributed by atoms with van der Waals surface area (Å²) in [5.41, 5.74) is -0.489. The van der Waals surface area contributed by atoms with Crippen LogP contribution in [0.1, 0.15) is 53.2 Å². The fourth-order valence-electron chi connectivity index (χ4n) is 5.91.